The molecule has 0 heterocycles. The number of benzene rings is 1. The Morgan fingerprint density at radius 1 is 1.33 bits per heavy atom. The summed E-state index contributed by atoms with van der Waals surface area (Å²) in [6, 6.07) is 7.92. The maximum atomic E-state index is 8.73. The molecule has 3 nitrogen and oxygen atoms in total. The predicted molar refractivity (Wildman–Crippen MR) is 59.6 cm³/mol. The van der Waals surface area contributed by atoms with Crippen molar-refractivity contribution >= 4 is 0 Å². The van der Waals surface area contributed by atoms with Gasteiger partial charge < -0.3 is 10.5 Å². The largest absolute Gasteiger partial charge is 0.491 e. The monoisotopic (exact) mass is 204 g/mol. The first-order valence-electron chi connectivity index (χ1n) is 4.84. The maximum Gasteiger partial charge on any atom is 0.135 e. The number of nitrogens with zero attached hydrogens (tertiary/aromatic N) is 1. The van der Waals surface area contributed by atoms with E-state index >= 15 is 0 Å². The Kier molecular flexibility index (Phi) is 3.33. The lowest BCUT2D eigenvalue weighted by atomic mass is 10.1. The minimum absolute atomic E-state index is 0.201. The van der Waals surface area contributed by atoms with Gasteiger partial charge in [0.1, 0.15) is 17.9 Å². The van der Waals surface area contributed by atoms with E-state index in [1.165, 1.54) is 0 Å². The zero-order chi connectivity index (χ0) is 11.5. The van der Waals surface area contributed by atoms with Crippen LogP contribution in [0.4, 0.5) is 0 Å². The second-order valence-electron chi connectivity index (χ2n) is 4.14. The molecule has 0 bridgehead atoms. The Morgan fingerprint density at radius 2 is 1.87 bits per heavy atom. The quantitative estimate of drug-likeness (QED) is 0.818. The molecule has 0 saturated carbocycles. The molecule has 80 valence electrons. The first-order valence-corrected chi connectivity index (χ1v) is 4.84. The second-order valence-corrected chi connectivity index (χ2v) is 4.14. The molecule has 1 aromatic rings. The van der Waals surface area contributed by atoms with Crippen molar-refractivity contribution in [2.45, 2.75) is 26.3 Å². The molecule has 1 atom stereocenters. The maximum absolute atomic E-state index is 8.73. The Labute approximate surface area is 90.5 Å². The van der Waals surface area contributed by atoms with E-state index in [-0.39, 0.29) is 6.61 Å². The molecular weight excluding hydrogens is 188 g/mol. The van der Waals surface area contributed by atoms with Crippen molar-refractivity contribution in [3.8, 4) is 11.8 Å². The second kappa shape index (κ2) is 4.33. The van der Waals surface area contributed by atoms with Gasteiger partial charge in [0.05, 0.1) is 6.07 Å². The average molecular weight is 204 g/mol. The summed E-state index contributed by atoms with van der Waals surface area (Å²) in [5.74, 6) is 0.763. The van der Waals surface area contributed by atoms with E-state index in [1.807, 2.05) is 32.0 Å². The summed E-state index contributed by atoms with van der Waals surface area (Å²) < 4.78 is 5.48. The van der Waals surface area contributed by atoms with Gasteiger partial charge in [0.2, 0.25) is 0 Å². The molecule has 1 unspecified atom stereocenters. The summed E-state index contributed by atoms with van der Waals surface area (Å²) >= 11 is 0. The van der Waals surface area contributed by atoms with Gasteiger partial charge in [0.25, 0.3) is 0 Å². The zero-order valence-corrected chi connectivity index (χ0v) is 9.37. The fraction of sp³-hybridized carbons (Fsp3) is 0.417. The highest BCUT2D eigenvalue weighted by atomic mass is 16.5. The van der Waals surface area contributed by atoms with Crippen LogP contribution in [0.5, 0.6) is 5.75 Å². The van der Waals surface area contributed by atoms with Crippen molar-refractivity contribution in [2.24, 2.45) is 5.73 Å². The zero-order valence-electron chi connectivity index (χ0n) is 9.37. The van der Waals surface area contributed by atoms with Crippen LogP contribution in [0.25, 0.3) is 0 Å². The molecule has 0 aromatic heterocycles. The van der Waals surface area contributed by atoms with E-state index in [2.05, 4.69) is 6.07 Å². The van der Waals surface area contributed by atoms with E-state index in [0.717, 1.165) is 16.9 Å². The van der Waals surface area contributed by atoms with Crippen molar-refractivity contribution in [3.05, 3.63) is 29.3 Å². The Balaban J connectivity index is 2.71. The van der Waals surface area contributed by atoms with Crippen LogP contribution in [0.2, 0.25) is 0 Å². The molecule has 0 aliphatic heterocycles. The highest BCUT2D eigenvalue weighted by molar-refractivity contribution is 5.33. The first-order chi connectivity index (χ1) is 6.93. The molecule has 0 aliphatic carbocycles. The molecule has 1 rings (SSSR count). The third-order valence-electron chi connectivity index (χ3n) is 1.99. The molecule has 2 N–H and O–H groups in total. The first kappa shape index (κ1) is 11.5. The highest BCUT2D eigenvalue weighted by Crippen LogP contribution is 2.17. The van der Waals surface area contributed by atoms with Gasteiger partial charge in [-0.1, -0.05) is 6.07 Å². The number of ether oxygens (including phenoxy) is 1. The Hall–Kier alpha value is -1.53. The normalized spacial score (nSPS) is 14.1. The average Bonchev–Trinajstić information content (AvgIpc) is 2.14. The van der Waals surface area contributed by atoms with E-state index in [9.17, 15) is 0 Å². The van der Waals surface area contributed by atoms with Crippen molar-refractivity contribution in [3.63, 3.8) is 0 Å². The molecule has 0 amide bonds. The lowest BCUT2D eigenvalue weighted by Gasteiger charge is -2.16. The summed E-state index contributed by atoms with van der Waals surface area (Å²) in [5, 5.41) is 8.73. The lowest BCUT2D eigenvalue weighted by molar-refractivity contribution is 0.264. The minimum atomic E-state index is -0.933. The Morgan fingerprint density at radius 3 is 2.33 bits per heavy atom. The van der Waals surface area contributed by atoms with Crippen molar-refractivity contribution in [2.75, 3.05) is 6.61 Å². The standard InChI is InChI=1S/C12H16N2O/c1-9-4-10(2)6-11(5-9)15-8-12(3,14)7-13/h4-6H,8,14H2,1-3H3. The van der Waals surface area contributed by atoms with Gasteiger partial charge in [-0.2, -0.15) is 5.26 Å². The van der Waals surface area contributed by atoms with Crippen LogP contribution < -0.4 is 10.5 Å². The van der Waals surface area contributed by atoms with E-state index < -0.39 is 5.54 Å². The predicted octanol–water partition coefficient (Wildman–Crippen LogP) is 1.92. The molecule has 15 heavy (non-hydrogen) atoms. The van der Waals surface area contributed by atoms with E-state index in [4.69, 9.17) is 15.7 Å². The number of nitrogens with two attached hydrogens (primary N) is 1. The summed E-state index contributed by atoms with van der Waals surface area (Å²) in [5.41, 5.74) is 7.00. The third-order valence-corrected chi connectivity index (χ3v) is 1.99. The van der Waals surface area contributed by atoms with Crippen LogP contribution in [0.3, 0.4) is 0 Å². The number of nitriles is 1. The molecule has 0 spiro atoms. The number of rotatable bonds is 3. The van der Waals surface area contributed by atoms with Gasteiger partial charge in [-0.05, 0) is 44.0 Å². The van der Waals surface area contributed by atoms with Crippen molar-refractivity contribution in [1.82, 2.24) is 0 Å². The van der Waals surface area contributed by atoms with Crippen LogP contribution in [0, 0.1) is 25.2 Å². The summed E-state index contributed by atoms with van der Waals surface area (Å²) in [7, 11) is 0. The van der Waals surface area contributed by atoms with Gasteiger partial charge in [-0.3, -0.25) is 0 Å². The summed E-state index contributed by atoms with van der Waals surface area (Å²) in [6.45, 7) is 5.86. The van der Waals surface area contributed by atoms with Crippen LogP contribution >= 0.6 is 0 Å². The van der Waals surface area contributed by atoms with Crippen molar-refractivity contribution < 1.29 is 4.74 Å². The highest BCUT2D eigenvalue weighted by Gasteiger charge is 2.18. The fourth-order valence-corrected chi connectivity index (χ4v) is 1.28. The van der Waals surface area contributed by atoms with Crippen LogP contribution in [0.15, 0.2) is 18.2 Å². The van der Waals surface area contributed by atoms with Gasteiger partial charge in [0, 0.05) is 0 Å². The van der Waals surface area contributed by atoms with Gasteiger partial charge in [-0.25, -0.2) is 0 Å². The van der Waals surface area contributed by atoms with Gasteiger partial charge >= 0.3 is 0 Å². The van der Waals surface area contributed by atoms with Crippen LogP contribution in [-0.4, -0.2) is 12.1 Å². The Bertz CT molecular complexity index is 371. The SMILES string of the molecule is Cc1cc(C)cc(OCC(C)(N)C#N)c1. The van der Waals surface area contributed by atoms with E-state index in [1.54, 1.807) is 6.92 Å². The molecule has 0 fully saturated rings. The van der Waals surface area contributed by atoms with Gasteiger partial charge in [-0.15, -0.1) is 0 Å². The smallest absolute Gasteiger partial charge is 0.135 e. The summed E-state index contributed by atoms with van der Waals surface area (Å²) in [4.78, 5) is 0. The molecule has 1 aromatic carbocycles. The van der Waals surface area contributed by atoms with E-state index in [0.29, 0.717) is 0 Å². The molecule has 0 saturated heterocycles. The molecule has 0 aliphatic rings. The topological polar surface area (TPSA) is 59.0 Å². The van der Waals surface area contributed by atoms with Gasteiger partial charge in [0.15, 0.2) is 0 Å². The molecular formula is C12H16N2O. The number of hydrogen-bond donors (Lipinski definition) is 1. The minimum Gasteiger partial charge on any atom is -0.491 e. The number of hydrogen-bond acceptors (Lipinski definition) is 3. The summed E-state index contributed by atoms with van der Waals surface area (Å²) in [6.07, 6.45) is 0. The van der Waals surface area contributed by atoms with Crippen LogP contribution in [0.1, 0.15) is 18.1 Å². The van der Waals surface area contributed by atoms with Crippen LogP contribution in [-0.2, 0) is 0 Å². The fourth-order valence-electron chi connectivity index (χ4n) is 1.28. The number of aryl methyl sites for hydroxylation is 2. The molecule has 0 radical (unpaired) electrons. The molecule has 3 heteroatoms. The van der Waals surface area contributed by atoms with Crippen molar-refractivity contribution in [1.29, 1.82) is 5.26 Å². The lowest BCUT2D eigenvalue weighted by Crippen LogP contribution is -2.40. The third kappa shape index (κ3) is 3.61.